The highest BCUT2D eigenvalue weighted by Crippen LogP contribution is 2.32. The van der Waals surface area contributed by atoms with Crippen molar-refractivity contribution in [1.82, 2.24) is 0 Å². The van der Waals surface area contributed by atoms with Crippen LogP contribution in [0.5, 0.6) is 11.5 Å². The first-order valence-corrected chi connectivity index (χ1v) is 8.14. The van der Waals surface area contributed by atoms with Crippen LogP contribution < -0.4 is 20.1 Å². The molecule has 0 fully saturated rings. The maximum atomic E-state index is 12.4. The zero-order chi connectivity index (χ0) is 17.1. The van der Waals surface area contributed by atoms with Crippen LogP contribution in [0.3, 0.4) is 0 Å². The van der Waals surface area contributed by atoms with E-state index in [1.54, 1.807) is 13.0 Å². The third-order valence-electron chi connectivity index (χ3n) is 3.84. The van der Waals surface area contributed by atoms with E-state index in [1.165, 1.54) is 0 Å². The van der Waals surface area contributed by atoms with Crippen LogP contribution in [0.25, 0.3) is 0 Å². The summed E-state index contributed by atoms with van der Waals surface area (Å²) >= 11 is 6.08. The zero-order valence-corrected chi connectivity index (χ0v) is 14.3. The molecule has 0 saturated heterocycles. The van der Waals surface area contributed by atoms with E-state index in [9.17, 15) is 4.79 Å². The molecular formula is C18H19ClN2O3. The summed E-state index contributed by atoms with van der Waals surface area (Å²) < 4.78 is 11.0. The molecule has 2 N–H and O–H groups in total. The van der Waals surface area contributed by atoms with Crippen LogP contribution in [0, 0.1) is 6.92 Å². The molecule has 0 aliphatic carbocycles. The van der Waals surface area contributed by atoms with E-state index < -0.39 is 6.04 Å². The summed E-state index contributed by atoms with van der Waals surface area (Å²) in [6.07, 6.45) is 0. The molecule has 0 aromatic heterocycles. The van der Waals surface area contributed by atoms with Crippen LogP contribution in [0.2, 0.25) is 5.02 Å². The van der Waals surface area contributed by atoms with Crippen molar-refractivity contribution in [3.05, 3.63) is 47.0 Å². The van der Waals surface area contributed by atoms with Crippen molar-refractivity contribution in [3.8, 4) is 11.5 Å². The van der Waals surface area contributed by atoms with E-state index in [0.29, 0.717) is 29.7 Å². The average Bonchev–Trinajstić information content (AvgIpc) is 2.58. The van der Waals surface area contributed by atoms with Gasteiger partial charge in [-0.25, -0.2) is 0 Å². The van der Waals surface area contributed by atoms with E-state index >= 15 is 0 Å². The number of ether oxygens (including phenoxy) is 2. The number of halogens is 1. The van der Waals surface area contributed by atoms with Crippen LogP contribution in [-0.2, 0) is 4.79 Å². The number of carbonyl (C=O) groups excluding carboxylic acids is 1. The molecule has 3 rings (SSSR count). The second-order valence-electron chi connectivity index (χ2n) is 5.63. The Labute approximate surface area is 145 Å². The molecule has 0 radical (unpaired) electrons. The summed E-state index contributed by atoms with van der Waals surface area (Å²) in [5.41, 5.74) is 2.35. The van der Waals surface area contributed by atoms with Crippen molar-refractivity contribution in [1.29, 1.82) is 0 Å². The highest BCUT2D eigenvalue weighted by molar-refractivity contribution is 6.31. The second-order valence-corrected chi connectivity index (χ2v) is 6.03. The van der Waals surface area contributed by atoms with Crippen LogP contribution in [0.15, 0.2) is 36.4 Å². The number of nitrogens with one attached hydrogen (secondary N) is 2. The van der Waals surface area contributed by atoms with Gasteiger partial charge in [-0.1, -0.05) is 17.7 Å². The molecule has 0 saturated carbocycles. The lowest BCUT2D eigenvalue weighted by Crippen LogP contribution is -2.32. The van der Waals surface area contributed by atoms with E-state index in [1.807, 2.05) is 37.3 Å². The van der Waals surface area contributed by atoms with Gasteiger partial charge in [0.1, 0.15) is 19.3 Å². The Morgan fingerprint density at radius 1 is 1.17 bits per heavy atom. The topological polar surface area (TPSA) is 59.6 Å². The minimum atomic E-state index is -0.425. The first-order chi connectivity index (χ1) is 11.5. The molecule has 126 valence electrons. The summed E-state index contributed by atoms with van der Waals surface area (Å²) in [6, 6.07) is 10.5. The van der Waals surface area contributed by atoms with E-state index in [-0.39, 0.29) is 5.91 Å². The van der Waals surface area contributed by atoms with Gasteiger partial charge in [-0.2, -0.15) is 0 Å². The van der Waals surface area contributed by atoms with E-state index in [4.69, 9.17) is 21.1 Å². The molecule has 1 atom stereocenters. The summed E-state index contributed by atoms with van der Waals surface area (Å²) in [7, 11) is 0. The number of benzene rings is 2. The molecule has 1 amide bonds. The van der Waals surface area contributed by atoms with Gasteiger partial charge in [0.05, 0.1) is 0 Å². The quantitative estimate of drug-likeness (QED) is 0.882. The van der Waals surface area contributed by atoms with Crippen LogP contribution in [0.4, 0.5) is 11.4 Å². The summed E-state index contributed by atoms with van der Waals surface area (Å²) in [4.78, 5) is 12.4. The van der Waals surface area contributed by atoms with Crippen molar-refractivity contribution in [2.24, 2.45) is 0 Å². The molecular weight excluding hydrogens is 328 g/mol. The molecule has 1 unspecified atom stereocenters. The molecule has 1 aliphatic heterocycles. The normalized spacial score (nSPS) is 14.0. The fourth-order valence-corrected chi connectivity index (χ4v) is 2.61. The van der Waals surface area contributed by atoms with Gasteiger partial charge in [-0.15, -0.1) is 0 Å². The van der Waals surface area contributed by atoms with Gasteiger partial charge in [0.15, 0.2) is 11.5 Å². The minimum Gasteiger partial charge on any atom is -0.486 e. The fourth-order valence-electron chi connectivity index (χ4n) is 2.43. The van der Waals surface area contributed by atoms with Gasteiger partial charge in [0.2, 0.25) is 5.91 Å². The monoisotopic (exact) mass is 346 g/mol. The highest BCUT2D eigenvalue weighted by Gasteiger charge is 2.17. The van der Waals surface area contributed by atoms with Crippen molar-refractivity contribution in [2.45, 2.75) is 19.9 Å². The third kappa shape index (κ3) is 3.57. The molecule has 6 heteroatoms. The van der Waals surface area contributed by atoms with Crippen molar-refractivity contribution in [3.63, 3.8) is 0 Å². The highest BCUT2D eigenvalue weighted by atomic mass is 35.5. The number of anilines is 2. The minimum absolute atomic E-state index is 0.143. The number of carbonyl (C=O) groups is 1. The maximum Gasteiger partial charge on any atom is 0.246 e. The van der Waals surface area contributed by atoms with Gasteiger partial charge in [-0.3, -0.25) is 4.79 Å². The van der Waals surface area contributed by atoms with E-state index in [0.717, 1.165) is 17.0 Å². The predicted molar refractivity (Wildman–Crippen MR) is 95.3 cm³/mol. The second kappa shape index (κ2) is 7.01. The van der Waals surface area contributed by atoms with Crippen molar-refractivity contribution in [2.75, 3.05) is 23.8 Å². The number of fused-ring (bicyclic) bond motifs is 1. The van der Waals surface area contributed by atoms with Crippen LogP contribution >= 0.6 is 11.6 Å². The Morgan fingerprint density at radius 2 is 1.92 bits per heavy atom. The maximum absolute atomic E-state index is 12.4. The first-order valence-electron chi connectivity index (χ1n) is 7.77. The smallest absolute Gasteiger partial charge is 0.246 e. The lowest BCUT2D eigenvalue weighted by atomic mass is 10.2. The fraction of sp³-hybridized carbons (Fsp3) is 0.278. The third-order valence-corrected chi connectivity index (χ3v) is 4.25. The number of rotatable bonds is 4. The Balaban J connectivity index is 1.67. The number of hydrogen-bond donors (Lipinski definition) is 2. The van der Waals surface area contributed by atoms with Crippen LogP contribution in [0.1, 0.15) is 12.5 Å². The number of amides is 1. The van der Waals surface area contributed by atoms with Crippen molar-refractivity contribution < 1.29 is 14.3 Å². The Hall–Kier alpha value is -2.40. The zero-order valence-electron chi connectivity index (χ0n) is 13.6. The molecule has 2 aromatic rings. The Kier molecular flexibility index (Phi) is 4.81. The molecule has 0 spiro atoms. The van der Waals surface area contributed by atoms with Gasteiger partial charge in [0.25, 0.3) is 0 Å². The molecule has 2 aromatic carbocycles. The van der Waals surface area contributed by atoms with Gasteiger partial charge in [-0.05, 0) is 43.7 Å². The first kappa shape index (κ1) is 16.5. The molecule has 5 nitrogen and oxygen atoms in total. The van der Waals surface area contributed by atoms with E-state index in [2.05, 4.69) is 10.6 Å². The SMILES string of the molecule is Cc1c(Cl)cccc1NC(=O)C(C)Nc1ccc2c(c1)OCCO2. The predicted octanol–water partition coefficient (Wildman–Crippen LogP) is 3.86. The summed E-state index contributed by atoms with van der Waals surface area (Å²) in [5.74, 6) is 1.26. The summed E-state index contributed by atoms with van der Waals surface area (Å²) in [6.45, 7) is 4.75. The van der Waals surface area contributed by atoms with Crippen molar-refractivity contribution >= 4 is 28.9 Å². The van der Waals surface area contributed by atoms with Gasteiger partial charge < -0.3 is 20.1 Å². The average molecular weight is 347 g/mol. The van der Waals surface area contributed by atoms with Gasteiger partial charge >= 0.3 is 0 Å². The molecule has 1 heterocycles. The number of hydrogen-bond acceptors (Lipinski definition) is 4. The summed E-state index contributed by atoms with van der Waals surface area (Å²) in [5, 5.41) is 6.68. The lowest BCUT2D eigenvalue weighted by molar-refractivity contribution is -0.116. The van der Waals surface area contributed by atoms with Crippen LogP contribution in [-0.4, -0.2) is 25.2 Å². The lowest BCUT2D eigenvalue weighted by Gasteiger charge is -2.21. The molecule has 24 heavy (non-hydrogen) atoms. The van der Waals surface area contributed by atoms with Gasteiger partial charge in [0, 0.05) is 22.5 Å². The Morgan fingerprint density at radius 3 is 2.71 bits per heavy atom. The molecule has 0 bridgehead atoms. The largest absolute Gasteiger partial charge is 0.486 e. The Bertz CT molecular complexity index is 764. The molecule has 1 aliphatic rings. The standard InChI is InChI=1S/C18H19ClN2O3/c1-11-14(19)4-3-5-15(11)21-18(22)12(2)20-13-6-7-16-17(10-13)24-9-8-23-16/h3-7,10,12,20H,8-9H2,1-2H3,(H,21,22).